The Bertz CT molecular complexity index is 470. The van der Waals surface area contributed by atoms with Crippen molar-refractivity contribution in [1.82, 2.24) is 10.2 Å². The van der Waals surface area contributed by atoms with Crippen molar-refractivity contribution in [3.8, 4) is 0 Å². The van der Waals surface area contributed by atoms with Crippen LogP contribution in [0.15, 0.2) is 24.3 Å². The molecule has 0 spiro atoms. The maximum absolute atomic E-state index is 12.2. The standard InChI is InChI=1S/C15H21N3O/c1-12-10-18(11-15(19)17-7-4-8-17)14-6-3-2-5-13(14)9-16-12/h2-3,5-6,12,16H,4,7-11H2,1H3. The molecule has 2 heterocycles. The van der Waals surface area contributed by atoms with Gasteiger partial charge in [0.25, 0.3) is 0 Å². The number of anilines is 1. The van der Waals surface area contributed by atoms with Gasteiger partial charge in [0.15, 0.2) is 0 Å². The lowest BCUT2D eigenvalue weighted by molar-refractivity contribution is -0.133. The molecule has 4 nitrogen and oxygen atoms in total. The summed E-state index contributed by atoms with van der Waals surface area (Å²) >= 11 is 0. The summed E-state index contributed by atoms with van der Waals surface area (Å²) in [5.41, 5.74) is 2.48. The topological polar surface area (TPSA) is 35.6 Å². The molecule has 0 saturated carbocycles. The molecule has 0 bridgehead atoms. The minimum atomic E-state index is 0.259. The van der Waals surface area contributed by atoms with Gasteiger partial charge in [0, 0.05) is 37.9 Å². The van der Waals surface area contributed by atoms with Gasteiger partial charge in [0.2, 0.25) is 5.91 Å². The van der Waals surface area contributed by atoms with Crippen LogP contribution in [0.3, 0.4) is 0 Å². The summed E-state index contributed by atoms with van der Waals surface area (Å²) in [6, 6.07) is 8.78. The van der Waals surface area contributed by atoms with Crippen molar-refractivity contribution in [3.05, 3.63) is 29.8 Å². The Kier molecular flexibility index (Phi) is 3.42. The molecule has 0 aromatic heterocycles. The number of nitrogens with one attached hydrogen (secondary N) is 1. The zero-order chi connectivity index (χ0) is 13.2. The SMILES string of the molecule is CC1CN(CC(=O)N2CCC2)c2ccccc2CN1. The molecule has 1 amide bonds. The first-order valence-electron chi connectivity index (χ1n) is 7.08. The van der Waals surface area contributed by atoms with E-state index in [1.165, 1.54) is 11.3 Å². The van der Waals surface area contributed by atoms with Gasteiger partial charge in [0.05, 0.1) is 6.54 Å². The zero-order valence-corrected chi connectivity index (χ0v) is 11.4. The van der Waals surface area contributed by atoms with Crippen LogP contribution in [0.4, 0.5) is 5.69 Å². The van der Waals surface area contributed by atoms with Gasteiger partial charge in [0.1, 0.15) is 0 Å². The molecular weight excluding hydrogens is 238 g/mol. The maximum atomic E-state index is 12.2. The first-order chi connectivity index (χ1) is 9.24. The number of hydrogen-bond acceptors (Lipinski definition) is 3. The Balaban J connectivity index is 1.79. The molecular formula is C15H21N3O. The van der Waals surface area contributed by atoms with Crippen molar-refractivity contribution in [2.75, 3.05) is 31.1 Å². The van der Waals surface area contributed by atoms with E-state index in [1.807, 2.05) is 4.90 Å². The number of amides is 1. The van der Waals surface area contributed by atoms with E-state index in [1.54, 1.807) is 0 Å². The molecule has 1 aromatic rings. The number of rotatable bonds is 2. The second-order valence-electron chi connectivity index (χ2n) is 5.53. The molecule has 1 fully saturated rings. The van der Waals surface area contributed by atoms with Crippen LogP contribution in [-0.4, -0.2) is 43.0 Å². The van der Waals surface area contributed by atoms with E-state index >= 15 is 0 Å². The predicted octanol–water partition coefficient (Wildman–Crippen LogP) is 1.22. The lowest BCUT2D eigenvalue weighted by Gasteiger charge is -2.34. The van der Waals surface area contributed by atoms with Crippen molar-refractivity contribution in [1.29, 1.82) is 0 Å². The molecule has 19 heavy (non-hydrogen) atoms. The fourth-order valence-corrected chi connectivity index (χ4v) is 2.73. The van der Waals surface area contributed by atoms with Gasteiger partial charge in [-0.15, -0.1) is 0 Å². The molecule has 4 heteroatoms. The molecule has 3 rings (SSSR count). The van der Waals surface area contributed by atoms with Gasteiger partial charge in [-0.3, -0.25) is 4.79 Å². The normalized spacial score (nSPS) is 22.5. The van der Waals surface area contributed by atoms with Gasteiger partial charge in [-0.25, -0.2) is 0 Å². The van der Waals surface area contributed by atoms with Gasteiger partial charge >= 0.3 is 0 Å². The first kappa shape index (κ1) is 12.5. The monoisotopic (exact) mass is 259 g/mol. The fraction of sp³-hybridized carbons (Fsp3) is 0.533. The van der Waals surface area contributed by atoms with Crippen LogP contribution in [0, 0.1) is 0 Å². The van der Waals surface area contributed by atoms with Crippen LogP contribution < -0.4 is 10.2 Å². The minimum Gasteiger partial charge on any atom is -0.360 e. The Morgan fingerprint density at radius 1 is 1.37 bits per heavy atom. The van der Waals surface area contributed by atoms with Crippen LogP contribution in [0.2, 0.25) is 0 Å². The third kappa shape index (κ3) is 2.59. The van der Waals surface area contributed by atoms with Crippen LogP contribution in [0.25, 0.3) is 0 Å². The van der Waals surface area contributed by atoms with Crippen LogP contribution in [0.5, 0.6) is 0 Å². The zero-order valence-electron chi connectivity index (χ0n) is 11.4. The second-order valence-corrected chi connectivity index (χ2v) is 5.53. The predicted molar refractivity (Wildman–Crippen MR) is 76.2 cm³/mol. The Morgan fingerprint density at radius 3 is 2.89 bits per heavy atom. The van der Waals surface area contributed by atoms with E-state index in [2.05, 4.69) is 41.4 Å². The molecule has 2 aliphatic heterocycles. The van der Waals surface area contributed by atoms with E-state index in [-0.39, 0.29) is 5.91 Å². The van der Waals surface area contributed by atoms with Crippen LogP contribution >= 0.6 is 0 Å². The summed E-state index contributed by atoms with van der Waals surface area (Å²) in [6.07, 6.45) is 1.15. The molecule has 0 radical (unpaired) electrons. The highest BCUT2D eigenvalue weighted by Gasteiger charge is 2.25. The van der Waals surface area contributed by atoms with Crippen LogP contribution in [-0.2, 0) is 11.3 Å². The Morgan fingerprint density at radius 2 is 2.16 bits per heavy atom. The maximum Gasteiger partial charge on any atom is 0.242 e. The number of likely N-dealkylation sites (tertiary alicyclic amines) is 1. The lowest BCUT2D eigenvalue weighted by atomic mass is 10.1. The lowest BCUT2D eigenvalue weighted by Crippen LogP contribution is -2.48. The number of para-hydroxylation sites is 1. The van der Waals surface area contributed by atoms with Crippen molar-refractivity contribution >= 4 is 11.6 Å². The summed E-state index contributed by atoms with van der Waals surface area (Å²) in [7, 11) is 0. The number of nitrogens with zero attached hydrogens (tertiary/aromatic N) is 2. The number of carbonyl (C=O) groups is 1. The summed E-state index contributed by atoms with van der Waals surface area (Å²) in [5, 5.41) is 3.49. The third-order valence-electron chi connectivity index (χ3n) is 4.00. The fourth-order valence-electron chi connectivity index (χ4n) is 2.73. The second kappa shape index (κ2) is 5.21. The molecule has 1 saturated heterocycles. The quantitative estimate of drug-likeness (QED) is 0.867. The van der Waals surface area contributed by atoms with Gasteiger partial charge in [-0.2, -0.15) is 0 Å². The summed E-state index contributed by atoms with van der Waals surface area (Å²) in [5.74, 6) is 0.259. The summed E-state index contributed by atoms with van der Waals surface area (Å²) in [6.45, 7) is 6.31. The van der Waals surface area contributed by atoms with E-state index in [0.29, 0.717) is 12.6 Å². The highest BCUT2D eigenvalue weighted by atomic mass is 16.2. The van der Waals surface area contributed by atoms with Crippen molar-refractivity contribution in [2.45, 2.75) is 25.9 Å². The number of fused-ring (bicyclic) bond motifs is 1. The molecule has 0 aliphatic carbocycles. The molecule has 2 aliphatic rings. The highest BCUT2D eigenvalue weighted by molar-refractivity contribution is 5.82. The highest BCUT2D eigenvalue weighted by Crippen LogP contribution is 2.23. The number of benzene rings is 1. The van der Waals surface area contributed by atoms with Crippen molar-refractivity contribution in [3.63, 3.8) is 0 Å². The van der Waals surface area contributed by atoms with Crippen molar-refractivity contribution < 1.29 is 4.79 Å². The van der Waals surface area contributed by atoms with E-state index < -0.39 is 0 Å². The average molecular weight is 259 g/mol. The van der Waals surface area contributed by atoms with E-state index in [9.17, 15) is 4.79 Å². The average Bonchev–Trinajstić information content (AvgIpc) is 2.48. The smallest absolute Gasteiger partial charge is 0.242 e. The molecule has 1 atom stereocenters. The number of carbonyl (C=O) groups excluding carboxylic acids is 1. The molecule has 1 N–H and O–H groups in total. The molecule has 1 aromatic carbocycles. The molecule has 1 unspecified atom stereocenters. The molecule has 102 valence electrons. The van der Waals surface area contributed by atoms with Gasteiger partial charge in [-0.05, 0) is 25.0 Å². The van der Waals surface area contributed by atoms with Crippen molar-refractivity contribution in [2.24, 2.45) is 0 Å². The van der Waals surface area contributed by atoms with E-state index in [0.717, 1.165) is 32.6 Å². The summed E-state index contributed by atoms with van der Waals surface area (Å²) < 4.78 is 0. The van der Waals surface area contributed by atoms with Crippen LogP contribution in [0.1, 0.15) is 18.9 Å². The Hall–Kier alpha value is -1.55. The first-order valence-corrected chi connectivity index (χ1v) is 7.08. The van der Waals surface area contributed by atoms with E-state index in [4.69, 9.17) is 0 Å². The summed E-state index contributed by atoms with van der Waals surface area (Å²) in [4.78, 5) is 16.4. The third-order valence-corrected chi connectivity index (χ3v) is 4.00. The largest absolute Gasteiger partial charge is 0.360 e. The Labute approximate surface area is 114 Å². The van der Waals surface area contributed by atoms with Gasteiger partial charge in [-0.1, -0.05) is 18.2 Å². The number of hydrogen-bond donors (Lipinski definition) is 1. The van der Waals surface area contributed by atoms with Gasteiger partial charge < -0.3 is 15.1 Å². The minimum absolute atomic E-state index is 0.259.